The van der Waals surface area contributed by atoms with Crippen molar-refractivity contribution in [2.45, 2.75) is 24.4 Å². The van der Waals surface area contributed by atoms with Crippen LogP contribution in [0.15, 0.2) is 47.4 Å². The SMILES string of the molecule is COc1ccc(S(=O)(=O)NCCC(=O)NCc2ccccc2CN(C)C)cc1OC. The molecule has 8 nitrogen and oxygen atoms in total. The smallest absolute Gasteiger partial charge is 0.240 e. The Balaban J connectivity index is 1.89. The number of carbonyl (C=O) groups excluding carboxylic acids is 1. The second-order valence-corrected chi connectivity index (χ2v) is 8.71. The number of hydrogen-bond acceptors (Lipinski definition) is 6. The average molecular weight is 436 g/mol. The predicted octanol–water partition coefficient (Wildman–Crippen LogP) is 1.75. The summed E-state index contributed by atoms with van der Waals surface area (Å²) < 4.78 is 37.6. The van der Waals surface area contributed by atoms with Crippen LogP contribution in [0.3, 0.4) is 0 Å². The molecule has 0 aliphatic rings. The van der Waals surface area contributed by atoms with Gasteiger partial charge in [-0.2, -0.15) is 0 Å². The van der Waals surface area contributed by atoms with Gasteiger partial charge in [0.05, 0.1) is 19.1 Å². The van der Waals surface area contributed by atoms with Crippen molar-refractivity contribution in [3.63, 3.8) is 0 Å². The van der Waals surface area contributed by atoms with Crippen LogP contribution in [0.2, 0.25) is 0 Å². The molecule has 1 amide bonds. The summed E-state index contributed by atoms with van der Waals surface area (Å²) in [6, 6.07) is 12.2. The number of sulfonamides is 1. The third kappa shape index (κ3) is 6.72. The first-order valence-corrected chi connectivity index (χ1v) is 10.9. The minimum atomic E-state index is -3.77. The number of nitrogens with one attached hydrogen (secondary N) is 2. The van der Waals surface area contributed by atoms with Gasteiger partial charge in [0.1, 0.15) is 0 Å². The molecule has 0 bridgehead atoms. The van der Waals surface area contributed by atoms with E-state index in [9.17, 15) is 13.2 Å². The Hall–Kier alpha value is -2.62. The summed E-state index contributed by atoms with van der Waals surface area (Å²) in [7, 11) is 3.11. The fourth-order valence-electron chi connectivity index (χ4n) is 2.87. The third-order valence-electron chi connectivity index (χ3n) is 4.39. The Labute approximate surface area is 178 Å². The van der Waals surface area contributed by atoms with E-state index in [1.165, 1.54) is 32.4 Å². The lowest BCUT2D eigenvalue weighted by Crippen LogP contribution is -2.30. The number of rotatable bonds is 11. The molecule has 0 aromatic heterocycles. The molecule has 2 aromatic rings. The van der Waals surface area contributed by atoms with Crippen molar-refractivity contribution in [2.75, 3.05) is 34.9 Å². The van der Waals surface area contributed by atoms with Gasteiger partial charge in [0.15, 0.2) is 11.5 Å². The molecule has 2 N–H and O–H groups in total. The van der Waals surface area contributed by atoms with Gasteiger partial charge in [-0.25, -0.2) is 13.1 Å². The number of hydrogen-bond donors (Lipinski definition) is 2. The molecule has 0 saturated carbocycles. The summed E-state index contributed by atoms with van der Waals surface area (Å²) in [5.41, 5.74) is 2.17. The second kappa shape index (κ2) is 11.0. The fraction of sp³-hybridized carbons (Fsp3) is 0.381. The molecule has 0 heterocycles. The first-order chi connectivity index (χ1) is 14.3. The van der Waals surface area contributed by atoms with Gasteiger partial charge in [-0.1, -0.05) is 24.3 Å². The van der Waals surface area contributed by atoms with Gasteiger partial charge in [0, 0.05) is 32.1 Å². The van der Waals surface area contributed by atoms with E-state index in [0.29, 0.717) is 18.0 Å². The molecule has 0 unspecified atom stereocenters. The Bertz CT molecular complexity index is 961. The monoisotopic (exact) mass is 435 g/mol. The van der Waals surface area contributed by atoms with Crippen molar-refractivity contribution >= 4 is 15.9 Å². The quantitative estimate of drug-likeness (QED) is 0.558. The number of ether oxygens (including phenoxy) is 2. The normalized spacial score (nSPS) is 11.4. The molecular formula is C21H29N3O5S. The average Bonchev–Trinajstić information content (AvgIpc) is 2.72. The minimum Gasteiger partial charge on any atom is -0.493 e. The van der Waals surface area contributed by atoms with Crippen molar-refractivity contribution in [1.29, 1.82) is 0 Å². The van der Waals surface area contributed by atoms with Crippen LogP contribution in [0.1, 0.15) is 17.5 Å². The number of methoxy groups -OCH3 is 2. The molecule has 0 fully saturated rings. The maximum Gasteiger partial charge on any atom is 0.240 e. The number of amides is 1. The van der Waals surface area contributed by atoms with E-state index in [1.807, 2.05) is 38.4 Å². The van der Waals surface area contributed by atoms with Crippen LogP contribution in [0.25, 0.3) is 0 Å². The van der Waals surface area contributed by atoms with E-state index in [-0.39, 0.29) is 23.8 Å². The van der Waals surface area contributed by atoms with Crippen molar-refractivity contribution in [2.24, 2.45) is 0 Å². The summed E-state index contributed by atoms with van der Waals surface area (Å²) in [5, 5.41) is 2.84. The molecule has 0 saturated heterocycles. The molecular weight excluding hydrogens is 406 g/mol. The summed E-state index contributed by atoms with van der Waals surface area (Å²) in [6.07, 6.45) is 0.0301. The van der Waals surface area contributed by atoms with Crippen LogP contribution in [0.5, 0.6) is 11.5 Å². The van der Waals surface area contributed by atoms with Crippen LogP contribution in [-0.4, -0.2) is 54.1 Å². The molecule has 0 atom stereocenters. The Kier molecular flexibility index (Phi) is 8.64. The van der Waals surface area contributed by atoms with Crippen LogP contribution in [0.4, 0.5) is 0 Å². The first kappa shape index (κ1) is 23.7. The lowest BCUT2D eigenvalue weighted by molar-refractivity contribution is -0.121. The fourth-order valence-corrected chi connectivity index (χ4v) is 3.92. The van der Waals surface area contributed by atoms with Crippen LogP contribution in [-0.2, 0) is 27.9 Å². The zero-order valence-corrected chi connectivity index (χ0v) is 18.6. The lowest BCUT2D eigenvalue weighted by atomic mass is 10.1. The van der Waals surface area contributed by atoms with E-state index in [0.717, 1.165) is 17.7 Å². The van der Waals surface area contributed by atoms with Gasteiger partial charge in [-0.05, 0) is 37.4 Å². The number of nitrogens with zero attached hydrogens (tertiary/aromatic N) is 1. The molecule has 2 aromatic carbocycles. The Morgan fingerprint density at radius 2 is 1.67 bits per heavy atom. The highest BCUT2D eigenvalue weighted by atomic mass is 32.2. The zero-order chi connectivity index (χ0) is 22.1. The molecule has 0 aliphatic carbocycles. The molecule has 9 heteroatoms. The largest absolute Gasteiger partial charge is 0.493 e. The van der Waals surface area contributed by atoms with Crippen molar-refractivity contribution < 1.29 is 22.7 Å². The molecule has 30 heavy (non-hydrogen) atoms. The highest BCUT2D eigenvalue weighted by molar-refractivity contribution is 7.89. The van der Waals surface area contributed by atoms with Crippen molar-refractivity contribution in [1.82, 2.24) is 14.9 Å². The highest BCUT2D eigenvalue weighted by Gasteiger charge is 2.17. The Morgan fingerprint density at radius 3 is 2.30 bits per heavy atom. The predicted molar refractivity (Wildman–Crippen MR) is 115 cm³/mol. The van der Waals surface area contributed by atoms with Crippen molar-refractivity contribution in [3.05, 3.63) is 53.6 Å². The van der Waals surface area contributed by atoms with E-state index >= 15 is 0 Å². The van der Waals surface area contributed by atoms with Crippen LogP contribution < -0.4 is 19.5 Å². The molecule has 164 valence electrons. The standard InChI is InChI=1S/C21H29N3O5S/c1-24(2)15-17-8-6-5-7-16(17)14-22-21(25)11-12-23-30(26,27)18-9-10-19(28-3)20(13-18)29-4/h5-10,13,23H,11-12,14-15H2,1-4H3,(H,22,25). The topological polar surface area (TPSA) is 97.0 Å². The molecule has 0 aliphatic heterocycles. The zero-order valence-electron chi connectivity index (χ0n) is 17.8. The van der Waals surface area contributed by atoms with E-state index in [1.54, 1.807) is 0 Å². The summed E-state index contributed by atoms with van der Waals surface area (Å²) in [6.45, 7) is 1.16. The maximum absolute atomic E-state index is 12.5. The summed E-state index contributed by atoms with van der Waals surface area (Å²) in [5.74, 6) is 0.518. The van der Waals surface area contributed by atoms with Gasteiger partial charge in [0.25, 0.3) is 0 Å². The summed E-state index contributed by atoms with van der Waals surface area (Å²) >= 11 is 0. The highest BCUT2D eigenvalue weighted by Crippen LogP contribution is 2.29. The van der Waals surface area contributed by atoms with Gasteiger partial charge >= 0.3 is 0 Å². The van der Waals surface area contributed by atoms with Crippen molar-refractivity contribution in [3.8, 4) is 11.5 Å². The van der Waals surface area contributed by atoms with Crippen LogP contribution in [0, 0.1) is 0 Å². The molecule has 0 radical (unpaired) electrons. The van der Waals surface area contributed by atoms with Gasteiger partial charge in [-0.15, -0.1) is 0 Å². The molecule has 0 spiro atoms. The summed E-state index contributed by atoms with van der Waals surface area (Å²) in [4.78, 5) is 14.3. The van der Waals surface area contributed by atoms with Crippen LogP contribution >= 0.6 is 0 Å². The Morgan fingerprint density at radius 1 is 1.00 bits per heavy atom. The van der Waals surface area contributed by atoms with Gasteiger partial charge in [0.2, 0.25) is 15.9 Å². The van der Waals surface area contributed by atoms with E-state index in [4.69, 9.17) is 9.47 Å². The molecule has 2 rings (SSSR count). The number of benzene rings is 2. The van der Waals surface area contributed by atoms with E-state index < -0.39 is 10.0 Å². The van der Waals surface area contributed by atoms with Gasteiger partial charge in [-0.3, -0.25) is 4.79 Å². The minimum absolute atomic E-state index is 0.0120. The lowest BCUT2D eigenvalue weighted by Gasteiger charge is -2.15. The number of carbonyl (C=O) groups is 1. The van der Waals surface area contributed by atoms with Gasteiger partial charge < -0.3 is 19.7 Å². The third-order valence-corrected chi connectivity index (χ3v) is 5.85. The maximum atomic E-state index is 12.5. The van der Waals surface area contributed by atoms with E-state index in [2.05, 4.69) is 14.9 Å². The first-order valence-electron chi connectivity index (χ1n) is 9.46. The second-order valence-electron chi connectivity index (χ2n) is 6.95.